The molecule has 2 atom stereocenters. The monoisotopic (exact) mass is 133 g/mol. The summed E-state index contributed by atoms with van der Waals surface area (Å²) >= 11 is 0. The number of rotatable bonds is 4. The lowest BCUT2D eigenvalue weighted by atomic mass is 10.3. The summed E-state index contributed by atoms with van der Waals surface area (Å²) in [5, 5.41) is 3.39. The topological polar surface area (TPSA) is 12.0 Å². The summed E-state index contributed by atoms with van der Waals surface area (Å²) in [6, 6.07) is 0.711. The van der Waals surface area contributed by atoms with E-state index in [2.05, 4.69) is 25.8 Å². The highest BCUT2D eigenvalue weighted by Crippen LogP contribution is 1.98. The van der Waals surface area contributed by atoms with Gasteiger partial charge in [0.15, 0.2) is 0 Å². The highest BCUT2D eigenvalue weighted by Gasteiger charge is 1.92. The third-order valence-electron chi connectivity index (χ3n) is 1.24. The van der Waals surface area contributed by atoms with E-state index in [-0.39, 0.29) is 0 Å². The van der Waals surface area contributed by atoms with Crippen molar-refractivity contribution in [2.45, 2.75) is 26.3 Å². The van der Waals surface area contributed by atoms with Gasteiger partial charge in [-0.2, -0.15) is 0 Å². The van der Waals surface area contributed by atoms with Gasteiger partial charge in [-0.05, 0) is 20.0 Å². The minimum absolute atomic E-state index is 0.711. The highest BCUT2D eigenvalue weighted by atomic mass is 31.1. The molecular weight excluding hydrogens is 117 g/mol. The average Bonchev–Trinajstić information content (AvgIpc) is 1.83. The number of hydrogen-bond donors (Lipinski definition) is 1. The quantitative estimate of drug-likeness (QED) is 0.575. The lowest BCUT2D eigenvalue weighted by Crippen LogP contribution is -2.23. The standard InChI is InChI=1S/C6H16NP/c1-4-6(2)7-5-8-3/h6-8H,4-5H2,1-3H3. The van der Waals surface area contributed by atoms with Crippen LogP contribution >= 0.6 is 8.58 Å². The predicted octanol–water partition coefficient (Wildman–Crippen LogP) is 1.64. The first kappa shape index (κ1) is 8.39. The molecule has 50 valence electrons. The SMILES string of the molecule is CCC(C)NCPC. The smallest absolute Gasteiger partial charge is 0.0127 e. The maximum atomic E-state index is 3.39. The van der Waals surface area contributed by atoms with E-state index in [1.54, 1.807) is 0 Å². The van der Waals surface area contributed by atoms with E-state index in [1.165, 1.54) is 12.7 Å². The predicted molar refractivity (Wildman–Crippen MR) is 42.0 cm³/mol. The van der Waals surface area contributed by atoms with Crippen molar-refractivity contribution < 1.29 is 0 Å². The van der Waals surface area contributed by atoms with Crippen LogP contribution in [0.25, 0.3) is 0 Å². The lowest BCUT2D eigenvalue weighted by Gasteiger charge is -2.08. The van der Waals surface area contributed by atoms with Gasteiger partial charge in [-0.1, -0.05) is 6.92 Å². The van der Waals surface area contributed by atoms with E-state index >= 15 is 0 Å². The fourth-order valence-corrected chi connectivity index (χ4v) is 0.973. The second-order valence-electron chi connectivity index (χ2n) is 2.04. The Balaban J connectivity index is 2.86. The van der Waals surface area contributed by atoms with Crippen LogP contribution in [-0.2, 0) is 0 Å². The van der Waals surface area contributed by atoms with Gasteiger partial charge in [0.2, 0.25) is 0 Å². The van der Waals surface area contributed by atoms with Gasteiger partial charge in [0.25, 0.3) is 0 Å². The molecule has 1 nitrogen and oxygen atoms in total. The van der Waals surface area contributed by atoms with Gasteiger partial charge in [0.05, 0.1) is 0 Å². The summed E-state index contributed by atoms with van der Waals surface area (Å²) in [6.45, 7) is 6.64. The molecule has 0 aromatic heterocycles. The van der Waals surface area contributed by atoms with Crippen molar-refractivity contribution in [1.29, 1.82) is 0 Å². The zero-order chi connectivity index (χ0) is 6.41. The lowest BCUT2D eigenvalue weighted by molar-refractivity contribution is 0.582. The maximum Gasteiger partial charge on any atom is 0.0127 e. The maximum absolute atomic E-state index is 3.39. The van der Waals surface area contributed by atoms with Gasteiger partial charge < -0.3 is 5.32 Å². The molecule has 0 saturated carbocycles. The molecule has 0 rings (SSSR count). The minimum Gasteiger partial charge on any atom is -0.311 e. The molecule has 8 heavy (non-hydrogen) atoms. The molecule has 0 radical (unpaired) electrons. The Bertz CT molecular complexity index is 47.8. The van der Waals surface area contributed by atoms with E-state index in [4.69, 9.17) is 0 Å². The molecule has 0 aliphatic heterocycles. The summed E-state index contributed by atoms with van der Waals surface area (Å²) < 4.78 is 0. The van der Waals surface area contributed by atoms with Crippen molar-refractivity contribution in [2.24, 2.45) is 0 Å². The Labute approximate surface area is 54.0 Å². The third kappa shape index (κ3) is 4.55. The van der Waals surface area contributed by atoms with E-state index in [1.807, 2.05) is 0 Å². The average molecular weight is 133 g/mol. The van der Waals surface area contributed by atoms with Crippen molar-refractivity contribution in [3.05, 3.63) is 0 Å². The first-order valence-corrected chi connectivity index (χ1v) is 4.90. The second kappa shape index (κ2) is 5.53. The van der Waals surface area contributed by atoms with Crippen molar-refractivity contribution >= 4 is 8.58 Å². The third-order valence-corrected chi connectivity index (χ3v) is 1.80. The molecule has 0 fully saturated rings. The van der Waals surface area contributed by atoms with Gasteiger partial charge in [0.1, 0.15) is 0 Å². The second-order valence-corrected chi connectivity index (χ2v) is 3.10. The molecule has 2 unspecified atom stereocenters. The molecule has 0 saturated heterocycles. The molecule has 0 spiro atoms. The van der Waals surface area contributed by atoms with Gasteiger partial charge >= 0.3 is 0 Å². The number of nitrogens with one attached hydrogen (secondary N) is 1. The molecule has 1 N–H and O–H groups in total. The molecule has 2 heteroatoms. The van der Waals surface area contributed by atoms with Crippen LogP contribution in [-0.4, -0.2) is 19.0 Å². The first-order chi connectivity index (χ1) is 3.81. The Hall–Kier alpha value is 0.390. The van der Waals surface area contributed by atoms with E-state index in [0.29, 0.717) is 6.04 Å². The van der Waals surface area contributed by atoms with Crippen LogP contribution in [0, 0.1) is 0 Å². The fraction of sp³-hybridized carbons (Fsp3) is 1.00. The zero-order valence-corrected chi connectivity index (χ0v) is 6.99. The van der Waals surface area contributed by atoms with E-state index in [9.17, 15) is 0 Å². The Kier molecular flexibility index (Phi) is 5.79. The molecule has 0 aliphatic carbocycles. The Morgan fingerprint density at radius 3 is 2.62 bits per heavy atom. The fourth-order valence-electron chi connectivity index (χ4n) is 0.421. The van der Waals surface area contributed by atoms with Crippen LogP contribution in [0.5, 0.6) is 0 Å². The van der Waals surface area contributed by atoms with Crippen molar-refractivity contribution in [3.63, 3.8) is 0 Å². The molecule has 0 bridgehead atoms. The molecule has 0 aromatic carbocycles. The largest absolute Gasteiger partial charge is 0.311 e. The molecule has 0 aromatic rings. The van der Waals surface area contributed by atoms with Crippen LogP contribution in [0.2, 0.25) is 0 Å². The Morgan fingerprint density at radius 1 is 1.62 bits per heavy atom. The summed E-state index contributed by atoms with van der Waals surface area (Å²) in [5.41, 5.74) is 0. The molecule has 0 aliphatic rings. The van der Waals surface area contributed by atoms with Crippen LogP contribution in [0.4, 0.5) is 0 Å². The van der Waals surface area contributed by atoms with Crippen molar-refractivity contribution in [3.8, 4) is 0 Å². The summed E-state index contributed by atoms with van der Waals surface area (Å²) in [6.07, 6.45) is 2.43. The highest BCUT2D eigenvalue weighted by molar-refractivity contribution is 7.36. The van der Waals surface area contributed by atoms with Crippen LogP contribution in [0.3, 0.4) is 0 Å². The van der Waals surface area contributed by atoms with Gasteiger partial charge in [-0.3, -0.25) is 0 Å². The van der Waals surface area contributed by atoms with E-state index < -0.39 is 0 Å². The first-order valence-electron chi connectivity index (χ1n) is 3.19. The Morgan fingerprint density at radius 2 is 2.25 bits per heavy atom. The van der Waals surface area contributed by atoms with Crippen molar-refractivity contribution in [1.82, 2.24) is 5.32 Å². The van der Waals surface area contributed by atoms with Crippen LogP contribution < -0.4 is 5.32 Å². The van der Waals surface area contributed by atoms with Gasteiger partial charge in [0, 0.05) is 12.3 Å². The van der Waals surface area contributed by atoms with Gasteiger partial charge in [-0.25, -0.2) is 0 Å². The summed E-state index contributed by atoms with van der Waals surface area (Å²) in [4.78, 5) is 0. The van der Waals surface area contributed by atoms with Crippen LogP contribution in [0.1, 0.15) is 20.3 Å². The van der Waals surface area contributed by atoms with E-state index in [0.717, 1.165) is 8.58 Å². The zero-order valence-electron chi connectivity index (χ0n) is 5.99. The summed E-state index contributed by atoms with van der Waals surface area (Å²) in [5.74, 6) is 0. The molecular formula is C6H16NP. The minimum atomic E-state index is 0.711. The number of hydrogen-bond acceptors (Lipinski definition) is 1. The van der Waals surface area contributed by atoms with Crippen LogP contribution in [0.15, 0.2) is 0 Å². The van der Waals surface area contributed by atoms with Crippen molar-refractivity contribution in [2.75, 3.05) is 13.0 Å². The molecule has 0 amide bonds. The molecule has 0 heterocycles. The summed E-state index contributed by atoms with van der Waals surface area (Å²) in [7, 11) is 1.04. The van der Waals surface area contributed by atoms with Gasteiger partial charge in [-0.15, -0.1) is 8.58 Å². The normalized spacial score (nSPS) is 15.4.